The van der Waals surface area contributed by atoms with Crippen LogP contribution in [0.2, 0.25) is 0 Å². The van der Waals surface area contributed by atoms with E-state index in [2.05, 4.69) is 4.72 Å². The summed E-state index contributed by atoms with van der Waals surface area (Å²) in [5.74, 6) is 0.348. The number of carbonyl (C=O) groups is 1. The Bertz CT molecular complexity index is 371. The van der Waals surface area contributed by atoms with Gasteiger partial charge in [-0.2, -0.15) is 0 Å². The van der Waals surface area contributed by atoms with Crippen molar-refractivity contribution >= 4 is 15.9 Å². The van der Waals surface area contributed by atoms with Crippen molar-refractivity contribution in [2.24, 2.45) is 5.92 Å². The first kappa shape index (κ1) is 15.4. The van der Waals surface area contributed by atoms with Gasteiger partial charge in [0.1, 0.15) is 0 Å². The number of nitrogens with one attached hydrogen (secondary N) is 1. The predicted molar refractivity (Wildman–Crippen MR) is 71.7 cm³/mol. The van der Waals surface area contributed by atoms with Crippen LogP contribution in [0.4, 0.5) is 0 Å². The van der Waals surface area contributed by atoms with Crippen LogP contribution < -0.4 is 4.72 Å². The molecule has 6 heteroatoms. The molecule has 1 N–H and O–H groups in total. The Balaban J connectivity index is 2.43. The topological polar surface area (TPSA) is 66.5 Å². The first-order chi connectivity index (χ1) is 8.35. The van der Waals surface area contributed by atoms with Crippen molar-refractivity contribution in [1.29, 1.82) is 0 Å². The van der Waals surface area contributed by atoms with Crippen LogP contribution in [0.15, 0.2) is 0 Å². The second-order valence-corrected chi connectivity index (χ2v) is 7.06. The average molecular weight is 276 g/mol. The lowest BCUT2D eigenvalue weighted by Gasteiger charge is -2.33. The largest absolute Gasteiger partial charge is 0.342 e. The van der Waals surface area contributed by atoms with E-state index in [1.54, 1.807) is 0 Å². The summed E-state index contributed by atoms with van der Waals surface area (Å²) in [6, 6.07) is -0.0160. The molecule has 0 saturated carbocycles. The molecule has 1 heterocycles. The summed E-state index contributed by atoms with van der Waals surface area (Å²) >= 11 is 0. The van der Waals surface area contributed by atoms with E-state index in [1.165, 1.54) is 0 Å². The summed E-state index contributed by atoms with van der Waals surface area (Å²) in [5, 5.41) is 0. The maximum absolute atomic E-state index is 11.8. The highest BCUT2D eigenvalue weighted by molar-refractivity contribution is 7.89. The minimum atomic E-state index is -3.14. The molecule has 1 rings (SSSR count). The van der Waals surface area contributed by atoms with E-state index >= 15 is 0 Å². The molecule has 1 saturated heterocycles. The van der Waals surface area contributed by atoms with Crippen molar-refractivity contribution in [3.8, 4) is 0 Å². The zero-order valence-electron chi connectivity index (χ0n) is 11.5. The SMILES string of the molecule is CCCS(=O)(=O)NC1CCN(C(=O)C(C)C)CC1. The number of sulfonamides is 1. The molecule has 18 heavy (non-hydrogen) atoms. The molecular formula is C12H24N2O3S. The van der Waals surface area contributed by atoms with Crippen LogP contribution in [0.25, 0.3) is 0 Å². The lowest BCUT2D eigenvalue weighted by Crippen LogP contribution is -2.47. The Labute approximate surface area is 110 Å². The normalized spacial score (nSPS) is 18.3. The van der Waals surface area contributed by atoms with E-state index in [4.69, 9.17) is 0 Å². The third kappa shape index (κ3) is 4.57. The molecule has 1 aliphatic rings. The second kappa shape index (κ2) is 6.52. The highest BCUT2D eigenvalue weighted by atomic mass is 32.2. The molecule has 5 nitrogen and oxygen atoms in total. The Kier molecular flexibility index (Phi) is 5.59. The summed E-state index contributed by atoms with van der Waals surface area (Å²) in [5.41, 5.74) is 0. The molecular weight excluding hydrogens is 252 g/mol. The lowest BCUT2D eigenvalue weighted by molar-refractivity contribution is -0.135. The van der Waals surface area contributed by atoms with Gasteiger partial charge in [-0.1, -0.05) is 20.8 Å². The van der Waals surface area contributed by atoms with Gasteiger partial charge in [-0.05, 0) is 19.3 Å². The minimum Gasteiger partial charge on any atom is -0.342 e. The molecule has 1 aliphatic heterocycles. The van der Waals surface area contributed by atoms with Crippen LogP contribution in [0.3, 0.4) is 0 Å². The fourth-order valence-electron chi connectivity index (χ4n) is 2.16. The highest BCUT2D eigenvalue weighted by Gasteiger charge is 2.26. The zero-order chi connectivity index (χ0) is 13.8. The molecule has 0 atom stereocenters. The van der Waals surface area contributed by atoms with Crippen molar-refractivity contribution in [3.05, 3.63) is 0 Å². The lowest BCUT2D eigenvalue weighted by atomic mass is 10.0. The summed E-state index contributed by atoms with van der Waals surface area (Å²) in [4.78, 5) is 13.6. The molecule has 1 fully saturated rings. The fraction of sp³-hybridized carbons (Fsp3) is 0.917. The van der Waals surface area contributed by atoms with Gasteiger partial charge < -0.3 is 4.90 Å². The Morgan fingerprint density at radius 2 is 1.89 bits per heavy atom. The quantitative estimate of drug-likeness (QED) is 0.813. The van der Waals surface area contributed by atoms with E-state index in [9.17, 15) is 13.2 Å². The van der Waals surface area contributed by atoms with Gasteiger partial charge >= 0.3 is 0 Å². The molecule has 0 bridgehead atoms. The number of nitrogens with zero attached hydrogens (tertiary/aromatic N) is 1. The molecule has 0 aliphatic carbocycles. The Hall–Kier alpha value is -0.620. The maximum Gasteiger partial charge on any atom is 0.225 e. The number of carbonyl (C=O) groups excluding carboxylic acids is 1. The van der Waals surface area contributed by atoms with Crippen LogP contribution in [0, 0.1) is 5.92 Å². The summed E-state index contributed by atoms with van der Waals surface area (Å²) in [6.07, 6.45) is 2.04. The first-order valence-electron chi connectivity index (χ1n) is 6.64. The number of hydrogen-bond acceptors (Lipinski definition) is 3. The summed E-state index contributed by atoms with van der Waals surface area (Å²) < 4.78 is 26.0. The van der Waals surface area contributed by atoms with Gasteiger partial charge in [-0.3, -0.25) is 4.79 Å². The highest BCUT2D eigenvalue weighted by Crippen LogP contribution is 2.14. The van der Waals surface area contributed by atoms with Gasteiger partial charge in [0.15, 0.2) is 0 Å². The van der Waals surface area contributed by atoms with Gasteiger partial charge in [0.25, 0.3) is 0 Å². The third-order valence-corrected chi connectivity index (χ3v) is 4.76. The van der Waals surface area contributed by atoms with Gasteiger partial charge in [-0.15, -0.1) is 0 Å². The van der Waals surface area contributed by atoms with Crippen molar-refractivity contribution in [3.63, 3.8) is 0 Å². The van der Waals surface area contributed by atoms with E-state index in [0.717, 1.165) is 0 Å². The Morgan fingerprint density at radius 3 is 2.33 bits per heavy atom. The van der Waals surface area contributed by atoms with Crippen LogP contribution >= 0.6 is 0 Å². The van der Waals surface area contributed by atoms with Crippen LogP contribution in [-0.4, -0.2) is 44.1 Å². The second-order valence-electron chi connectivity index (χ2n) is 5.19. The summed E-state index contributed by atoms with van der Waals surface area (Å²) in [6.45, 7) is 6.92. The van der Waals surface area contributed by atoms with Crippen molar-refractivity contribution in [2.75, 3.05) is 18.8 Å². The minimum absolute atomic E-state index is 0.0123. The molecule has 106 valence electrons. The Morgan fingerprint density at radius 1 is 1.33 bits per heavy atom. The molecule has 1 amide bonds. The molecule has 0 aromatic heterocycles. The maximum atomic E-state index is 11.8. The van der Waals surface area contributed by atoms with Gasteiger partial charge in [0.2, 0.25) is 15.9 Å². The number of likely N-dealkylation sites (tertiary alicyclic amines) is 1. The molecule has 0 aromatic carbocycles. The number of piperidine rings is 1. The van der Waals surface area contributed by atoms with Crippen LogP contribution in [0.5, 0.6) is 0 Å². The van der Waals surface area contributed by atoms with Gasteiger partial charge in [0.05, 0.1) is 5.75 Å². The van der Waals surface area contributed by atoms with E-state index < -0.39 is 10.0 Å². The smallest absolute Gasteiger partial charge is 0.225 e. The average Bonchev–Trinajstić information content (AvgIpc) is 2.28. The molecule has 0 radical (unpaired) electrons. The third-order valence-electron chi connectivity index (χ3n) is 3.12. The molecule has 0 spiro atoms. The van der Waals surface area contributed by atoms with Gasteiger partial charge in [0, 0.05) is 25.0 Å². The molecule has 0 unspecified atom stereocenters. The van der Waals surface area contributed by atoms with Crippen molar-refractivity contribution < 1.29 is 13.2 Å². The standard InChI is InChI=1S/C12H24N2O3S/c1-4-9-18(16,17)13-11-5-7-14(8-6-11)12(15)10(2)3/h10-11,13H,4-9H2,1-3H3. The van der Waals surface area contributed by atoms with Crippen molar-refractivity contribution in [2.45, 2.75) is 46.1 Å². The molecule has 0 aromatic rings. The van der Waals surface area contributed by atoms with Crippen LogP contribution in [-0.2, 0) is 14.8 Å². The van der Waals surface area contributed by atoms with Crippen molar-refractivity contribution in [1.82, 2.24) is 9.62 Å². The van der Waals surface area contributed by atoms with E-state index in [0.29, 0.717) is 32.4 Å². The zero-order valence-corrected chi connectivity index (χ0v) is 12.3. The van der Waals surface area contributed by atoms with Gasteiger partial charge in [-0.25, -0.2) is 13.1 Å². The number of rotatable bonds is 5. The fourth-order valence-corrected chi connectivity index (χ4v) is 3.56. The monoisotopic (exact) mass is 276 g/mol. The first-order valence-corrected chi connectivity index (χ1v) is 8.29. The van der Waals surface area contributed by atoms with E-state index in [1.807, 2.05) is 25.7 Å². The predicted octanol–water partition coefficient (Wildman–Crippen LogP) is 0.963. The number of amides is 1. The summed E-state index contributed by atoms with van der Waals surface area (Å²) in [7, 11) is -3.14. The van der Waals surface area contributed by atoms with E-state index in [-0.39, 0.29) is 23.6 Å². The van der Waals surface area contributed by atoms with Crippen LogP contribution in [0.1, 0.15) is 40.0 Å². The number of hydrogen-bond donors (Lipinski definition) is 1.